The van der Waals surface area contributed by atoms with Crippen molar-refractivity contribution in [3.63, 3.8) is 0 Å². The van der Waals surface area contributed by atoms with E-state index in [-0.39, 0.29) is 5.75 Å². The van der Waals surface area contributed by atoms with E-state index in [0.717, 1.165) is 6.42 Å². The summed E-state index contributed by atoms with van der Waals surface area (Å²) >= 11 is 0. The van der Waals surface area contributed by atoms with Gasteiger partial charge in [-0.1, -0.05) is 6.92 Å². The lowest BCUT2D eigenvalue weighted by Crippen LogP contribution is -2.23. The molecule has 5 nitrogen and oxygen atoms in total. The number of aromatic nitrogens is 2. The molecule has 0 aliphatic rings. The zero-order chi connectivity index (χ0) is 13.8. The molecule has 6 heteroatoms. The Labute approximate surface area is 109 Å². The van der Waals surface area contributed by atoms with E-state index in [1.807, 2.05) is 10.9 Å². The summed E-state index contributed by atoms with van der Waals surface area (Å²) in [6.45, 7) is 6.23. The number of nitrogens with zero attached hydrogens (tertiary/aromatic N) is 2. The van der Waals surface area contributed by atoms with Gasteiger partial charge in [-0.25, -0.2) is 8.42 Å². The molecule has 0 spiro atoms. The summed E-state index contributed by atoms with van der Waals surface area (Å²) in [5.41, 5.74) is 6.01. The minimum absolute atomic E-state index is 0.00238. The largest absolute Gasteiger partial charge is 0.330 e. The zero-order valence-electron chi connectivity index (χ0n) is 11.3. The Morgan fingerprint density at radius 3 is 2.67 bits per heavy atom. The van der Waals surface area contributed by atoms with E-state index >= 15 is 0 Å². The highest BCUT2D eigenvalue weighted by atomic mass is 32.2. The lowest BCUT2D eigenvalue weighted by Gasteiger charge is -2.11. The smallest absolute Gasteiger partial charge is 0.158 e. The Hall–Kier alpha value is -0.880. The second kappa shape index (κ2) is 6.33. The third-order valence-corrected chi connectivity index (χ3v) is 5.40. The van der Waals surface area contributed by atoms with Gasteiger partial charge in [0.05, 0.1) is 16.7 Å². The zero-order valence-corrected chi connectivity index (χ0v) is 12.2. The topological polar surface area (TPSA) is 78.0 Å². The molecule has 1 aromatic heterocycles. The maximum Gasteiger partial charge on any atom is 0.158 e. The number of sulfone groups is 1. The lowest BCUT2D eigenvalue weighted by atomic mass is 10.3. The third-order valence-electron chi connectivity index (χ3n) is 3.24. The van der Waals surface area contributed by atoms with Gasteiger partial charge in [0.25, 0.3) is 0 Å². The van der Waals surface area contributed by atoms with Gasteiger partial charge in [-0.05, 0) is 39.3 Å². The van der Waals surface area contributed by atoms with Crippen LogP contribution in [-0.4, -0.2) is 30.0 Å². The molecule has 2 N–H and O–H groups in total. The molecule has 1 rings (SSSR count). The molecule has 0 amide bonds. The number of hydrogen-bond donors (Lipinski definition) is 1. The van der Waals surface area contributed by atoms with Gasteiger partial charge in [-0.3, -0.25) is 4.68 Å². The summed E-state index contributed by atoms with van der Waals surface area (Å²) in [7, 11) is -3.15. The molecule has 1 aromatic rings. The van der Waals surface area contributed by atoms with Crippen molar-refractivity contribution in [3.05, 3.63) is 18.0 Å². The quantitative estimate of drug-likeness (QED) is 0.816. The minimum Gasteiger partial charge on any atom is -0.330 e. The maximum atomic E-state index is 12.0. The summed E-state index contributed by atoms with van der Waals surface area (Å²) in [6.07, 6.45) is 3.30. The molecule has 1 heterocycles. The van der Waals surface area contributed by atoms with Crippen LogP contribution in [0.1, 0.15) is 45.3 Å². The van der Waals surface area contributed by atoms with Crippen molar-refractivity contribution in [1.29, 1.82) is 0 Å². The molecule has 0 bridgehead atoms. The predicted molar refractivity (Wildman–Crippen MR) is 73.0 cm³/mol. The van der Waals surface area contributed by atoms with E-state index < -0.39 is 15.1 Å². The van der Waals surface area contributed by atoms with E-state index in [2.05, 4.69) is 18.9 Å². The second-order valence-electron chi connectivity index (χ2n) is 4.74. The van der Waals surface area contributed by atoms with Gasteiger partial charge in [0.1, 0.15) is 0 Å². The highest BCUT2D eigenvalue weighted by molar-refractivity contribution is 7.91. The Morgan fingerprint density at radius 2 is 2.11 bits per heavy atom. The SMILES string of the molecule is CCC(C)n1ccc(CS(=O)(=O)C(C)CCN)n1. The van der Waals surface area contributed by atoms with E-state index in [1.165, 1.54) is 0 Å². The first-order valence-corrected chi connectivity index (χ1v) is 8.08. The normalized spacial score (nSPS) is 15.6. The van der Waals surface area contributed by atoms with Gasteiger partial charge in [0.2, 0.25) is 0 Å². The fraction of sp³-hybridized carbons (Fsp3) is 0.750. The van der Waals surface area contributed by atoms with Gasteiger partial charge in [0.15, 0.2) is 9.84 Å². The van der Waals surface area contributed by atoms with Crippen molar-refractivity contribution in [1.82, 2.24) is 9.78 Å². The summed E-state index contributed by atoms with van der Waals surface area (Å²) in [4.78, 5) is 0. The van der Waals surface area contributed by atoms with Crippen LogP contribution < -0.4 is 5.73 Å². The van der Waals surface area contributed by atoms with E-state index in [9.17, 15) is 8.42 Å². The van der Waals surface area contributed by atoms with Crippen molar-refractivity contribution >= 4 is 9.84 Å². The summed E-state index contributed by atoms with van der Waals surface area (Å²) in [6, 6.07) is 2.07. The molecular formula is C12H23N3O2S. The van der Waals surface area contributed by atoms with Crippen LogP contribution in [0.5, 0.6) is 0 Å². The molecule has 0 saturated carbocycles. The molecule has 0 fully saturated rings. The third kappa shape index (κ3) is 3.81. The Morgan fingerprint density at radius 1 is 1.44 bits per heavy atom. The number of nitrogens with two attached hydrogens (primary N) is 1. The van der Waals surface area contributed by atoms with E-state index in [0.29, 0.717) is 24.7 Å². The standard InChI is InChI=1S/C12H23N3O2S/c1-4-10(2)15-8-6-12(14-15)9-18(16,17)11(3)5-7-13/h6,8,10-11H,4-5,7,9,13H2,1-3H3. The van der Waals surface area contributed by atoms with Gasteiger partial charge in [0, 0.05) is 12.2 Å². The Kier molecular flexibility index (Phi) is 5.34. The van der Waals surface area contributed by atoms with Gasteiger partial charge in [-0.2, -0.15) is 5.10 Å². The molecule has 104 valence electrons. The van der Waals surface area contributed by atoms with Crippen LogP contribution in [0.2, 0.25) is 0 Å². The lowest BCUT2D eigenvalue weighted by molar-refractivity contribution is 0.474. The first-order chi connectivity index (χ1) is 8.40. The minimum atomic E-state index is -3.15. The van der Waals surface area contributed by atoms with Crippen molar-refractivity contribution in [2.45, 2.75) is 50.7 Å². The van der Waals surface area contributed by atoms with Crippen LogP contribution in [0.3, 0.4) is 0 Å². The van der Waals surface area contributed by atoms with Crippen LogP contribution in [0.25, 0.3) is 0 Å². The monoisotopic (exact) mass is 273 g/mol. The summed E-state index contributed by atoms with van der Waals surface area (Å²) in [5.74, 6) is -0.00238. The average Bonchev–Trinajstić information content (AvgIpc) is 2.76. The molecule has 2 unspecified atom stereocenters. The van der Waals surface area contributed by atoms with Gasteiger partial charge >= 0.3 is 0 Å². The Balaban J connectivity index is 2.76. The maximum absolute atomic E-state index is 12.0. The predicted octanol–water partition coefficient (Wildman–Crippen LogP) is 1.51. The molecular weight excluding hydrogens is 250 g/mol. The highest BCUT2D eigenvalue weighted by Crippen LogP contribution is 2.14. The molecule has 18 heavy (non-hydrogen) atoms. The molecule has 0 aliphatic carbocycles. The summed E-state index contributed by atoms with van der Waals surface area (Å²) < 4.78 is 25.9. The van der Waals surface area contributed by atoms with Crippen LogP contribution in [0.4, 0.5) is 0 Å². The van der Waals surface area contributed by atoms with Crippen LogP contribution >= 0.6 is 0 Å². The number of hydrogen-bond acceptors (Lipinski definition) is 4. The Bertz CT molecular complexity index is 467. The van der Waals surface area contributed by atoms with Gasteiger partial charge < -0.3 is 5.73 Å². The molecule has 2 atom stereocenters. The van der Waals surface area contributed by atoms with Crippen LogP contribution in [0.15, 0.2) is 12.3 Å². The van der Waals surface area contributed by atoms with E-state index in [4.69, 9.17) is 5.73 Å². The van der Waals surface area contributed by atoms with Crippen molar-refractivity contribution < 1.29 is 8.42 Å². The van der Waals surface area contributed by atoms with Crippen molar-refractivity contribution in [3.8, 4) is 0 Å². The molecule has 0 radical (unpaired) electrons. The molecule has 0 saturated heterocycles. The van der Waals surface area contributed by atoms with E-state index in [1.54, 1.807) is 13.0 Å². The first kappa shape index (κ1) is 15.2. The van der Waals surface area contributed by atoms with Crippen LogP contribution in [-0.2, 0) is 15.6 Å². The van der Waals surface area contributed by atoms with Crippen molar-refractivity contribution in [2.24, 2.45) is 5.73 Å². The summed E-state index contributed by atoms with van der Waals surface area (Å²) in [5, 5.41) is 3.91. The average molecular weight is 273 g/mol. The van der Waals surface area contributed by atoms with Crippen molar-refractivity contribution in [2.75, 3.05) is 6.54 Å². The first-order valence-electron chi connectivity index (χ1n) is 6.36. The number of rotatable bonds is 7. The van der Waals surface area contributed by atoms with Gasteiger partial charge in [-0.15, -0.1) is 0 Å². The molecule has 0 aliphatic heterocycles. The van der Waals surface area contributed by atoms with Crippen LogP contribution in [0, 0.1) is 0 Å². The second-order valence-corrected chi connectivity index (χ2v) is 7.16. The molecule has 0 aromatic carbocycles. The fourth-order valence-corrected chi connectivity index (χ4v) is 3.00. The highest BCUT2D eigenvalue weighted by Gasteiger charge is 2.21. The fourth-order valence-electron chi connectivity index (χ4n) is 1.65.